The molecule has 1 rings (SSSR count). The summed E-state index contributed by atoms with van der Waals surface area (Å²) in [5, 5.41) is 14.7. The Labute approximate surface area is 129 Å². The molecule has 5 heteroatoms. The van der Waals surface area contributed by atoms with Gasteiger partial charge in [-0.15, -0.1) is 0 Å². The van der Waals surface area contributed by atoms with E-state index in [0.717, 1.165) is 16.5 Å². The van der Waals surface area contributed by atoms with Crippen LogP contribution < -0.4 is 10.6 Å². The zero-order valence-corrected chi connectivity index (χ0v) is 13.6. The van der Waals surface area contributed by atoms with Crippen LogP contribution in [0.15, 0.2) is 28.7 Å². The Morgan fingerprint density at radius 2 is 2.10 bits per heavy atom. The Morgan fingerprint density at radius 1 is 1.40 bits per heavy atom. The van der Waals surface area contributed by atoms with E-state index in [9.17, 15) is 4.79 Å². The number of benzene rings is 1. The number of amides is 2. The summed E-state index contributed by atoms with van der Waals surface area (Å²) < 4.78 is 1.00. The van der Waals surface area contributed by atoms with Crippen molar-refractivity contribution < 1.29 is 9.90 Å². The van der Waals surface area contributed by atoms with Gasteiger partial charge in [-0.05, 0) is 30.4 Å². The zero-order valence-electron chi connectivity index (χ0n) is 12.0. The molecule has 112 valence electrons. The van der Waals surface area contributed by atoms with Crippen molar-refractivity contribution >= 4 is 22.0 Å². The highest BCUT2D eigenvalue weighted by Gasteiger charge is 2.15. The van der Waals surface area contributed by atoms with Crippen LogP contribution in [0.4, 0.5) is 4.79 Å². The van der Waals surface area contributed by atoms with Crippen molar-refractivity contribution in [2.24, 2.45) is 5.92 Å². The van der Waals surface area contributed by atoms with Gasteiger partial charge in [0.2, 0.25) is 0 Å². The average molecular weight is 343 g/mol. The molecule has 0 bridgehead atoms. The van der Waals surface area contributed by atoms with Gasteiger partial charge in [0.1, 0.15) is 0 Å². The van der Waals surface area contributed by atoms with Crippen LogP contribution in [0.2, 0.25) is 0 Å². The standard InChI is InChI=1S/C15H23BrN2O2/c1-3-14(12-6-4-5-7-13(12)16)18-15(20)17-10-11(2)8-9-19/h4-7,11,14,19H,3,8-10H2,1-2H3,(H2,17,18,20). The molecule has 0 spiro atoms. The lowest BCUT2D eigenvalue weighted by atomic mass is 10.0. The Kier molecular flexibility index (Phi) is 7.62. The Bertz CT molecular complexity index is 426. The van der Waals surface area contributed by atoms with Gasteiger partial charge in [0.25, 0.3) is 0 Å². The predicted molar refractivity (Wildman–Crippen MR) is 84.6 cm³/mol. The van der Waals surface area contributed by atoms with Gasteiger partial charge in [-0.25, -0.2) is 4.79 Å². The van der Waals surface area contributed by atoms with Crippen LogP contribution in [-0.2, 0) is 0 Å². The molecule has 2 atom stereocenters. The summed E-state index contributed by atoms with van der Waals surface area (Å²) in [5.41, 5.74) is 1.08. The van der Waals surface area contributed by atoms with E-state index in [-0.39, 0.29) is 24.6 Å². The minimum Gasteiger partial charge on any atom is -0.396 e. The van der Waals surface area contributed by atoms with Crippen molar-refractivity contribution in [3.8, 4) is 0 Å². The van der Waals surface area contributed by atoms with Gasteiger partial charge >= 0.3 is 6.03 Å². The smallest absolute Gasteiger partial charge is 0.315 e. The van der Waals surface area contributed by atoms with Gasteiger partial charge in [-0.1, -0.05) is 48.0 Å². The maximum atomic E-state index is 11.9. The second-order valence-electron chi connectivity index (χ2n) is 4.95. The molecule has 0 saturated carbocycles. The largest absolute Gasteiger partial charge is 0.396 e. The first-order valence-corrected chi connectivity index (χ1v) is 7.77. The summed E-state index contributed by atoms with van der Waals surface area (Å²) in [7, 11) is 0. The molecule has 0 radical (unpaired) electrons. The summed E-state index contributed by atoms with van der Waals surface area (Å²) in [4.78, 5) is 11.9. The molecule has 3 N–H and O–H groups in total. The molecular formula is C15H23BrN2O2. The first kappa shape index (κ1) is 17.0. The zero-order chi connectivity index (χ0) is 15.0. The summed E-state index contributed by atoms with van der Waals surface area (Å²) in [6.45, 7) is 4.76. The van der Waals surface area contributed by atoms with E-state index in [1.165, 1.54) is 0 Å². The number of carbonyl (C=O) groups excluding carboxylic acids is 1. The van der Waals surface area contributed by atoms with E-state index >= 15 is 0 Å². The lowest BCUT2D eigenvalue weighted by molar-refractivity contribution is 0.230. The predicted octanol–water partition coefficient (Wildman–Crippen LogP) is 3.22. The normalized spacial score (nSPS) is 13.6. The second kappa shape index (κ2) is 8.97. The van der Waals surface area contributed by atoms with Crippen LogP contribution in [-0.4, -0.2) is 24.3 Å². The fourth-order valence-corrected chi connectivity index (χ4v) is 2.52. The van der Waals surface area contributed by atoms with Crippen molar-refractivity contribution in [1.82, 2.24) is 10.6 Å². The van der Waals surface area contributed by atoms with Gasteiger partial charge in [0.05, 0.1) is 6.04 Å². The van der Waals surface area contributed by atoms with Crippen LogP contribution in [0, 0.1) is 5.92 Å². The van der Waals surface area contributed by atoms with Gasteiger partial charge in [-0.3, -0.25) is 0 Å². The molecule has 2 amide bonds. The van der Waals surface area contributed by atoms with Gasteiger partial charge in [0.15, 0.2) is 0 Å². The highest BCUT2D eigenvalue weighted by molar-refractivity contribution is 9.10. The lowest BCUT2D eigenvalue weighted by Crippen LogP contribution is -2.39. The molecule has 0 aromatic heterocycles. The van der Waals surface area contributed by atoms with E-state index in [1.54, 1.807) is 0 Å². The number of aliphatic hydroxyl groups is 1. The molecular weight excluding hydrogens is 320 g/mol. The monoisotopic (exact) mass is 342 g/mol. The molecule has 0 saturated heterocycles. The quantitative estimate of drug-likeness (QED) is 0.712. The third-order valence-electron chi connectivity index (χ3n) is 3.23. The van der Waals surface area contributed by atoms with Gasteiger partial charge < -0.3 is 15.7 Å². The van der Waals surface area contributed by atoms with E-state index < -0.39 is 0 Å². The van der Waals surface area contributed by atoms with Crippen molar-refractivity contribution in [2.45, 2.75) is 32.7 Å². The van der Waals surface area contributed by atoms with Crippen LogP contribution >= 0.6 is 15.9 Å². The van der Waals surface area contributed by atoms with E-state index in [4.69, 9.17) is 5.11 Å². The van der Waals surface area contributed by atoms with Gasteiger partial charge in [0, 0.05) is 17.6 Å². The molecule has 0 fully saturated rings. The topological polar surface area (TPSA) is 61.4 Å². The summed E-state index contributed by atoms with van der Waals surface area (Å²) in [6.07, 6.45) is 1.52. The highest BCUT2D eigenvalue weighted by atomic mass is 79.9. The van der Waals surface area contributed by atoms with Crippen molar-refractivity contribution in [3.05, 3.63) is 34.3 Å². The van der Waals surface area contributed by atoms with Crippen molar-refractivity contribution in [2.75, 3.05) is 13.2 Å². The van der Waals surface area contributed by atoms with Gasteiger partial charge in [-0.2, -0.15) is 0 Å². The average Bonchev–Trinajstić information content (AvgIpc) is 2.44. The number of hydrogen-bond donors (Lipinski definition) is 3. The van der Waals surface area contributed by atoms with Crippen LogP contribution in [0.3, 0.4) is 0 Å². The summed E-state index contributed by atoms with van der Waals surface area (Å²) in [6, 6.07) is 7.72. The number of halogens is 1. The molecule has 0 heterocycles. The van der Waals surface area contributed by atoms with E-state index in [1.807, 2.05) is 38.1 Å². The first-order valence-electron chi connectivity index (χ1n) is 6.98. The third kappa shape index (κ3) is 5.51. The van der Waals surface area contributed by atoms with Crippen LogP contribution in [0.25, 0.3) is 0 Å². The molecule has 20 heavy (non-hydrogen) atoms. The Hall–Kier alpha value is -1.07. The minimum absolute atomic E-state index is 0.0151. The molecule has 0 aliphatic heterocycles. The Balaban J connectivity index is 2.52. The van der Waals surface area contributed by atoms with Crippen molar-refractivity contribution in [1.29, 1.82) is 0 Å². The maximum absolute atomic E-state index is 11.9. The minimum atomic E-state index is -0.169. The molecule has 0 aliphatic rings. The second-order valence-corrected chi connectivity index (χ2v) is 5.81. The molecule has 4 nitrogen and oxygen atoms in total. The van der Waals surface area contributed by atoms with Crippen LogP contribution in [0.1, 0.15) is 38.3 Å². The lowest BCUT2D eigenvalue weighted by Gasteiger charge is -2.20. The number of rotatable bonds is 7. The first-order chi connectivity index (χ1) is 9.58. The van der Waals surface area contributed by atoms with E-state index in [0.29, 0.717) is 13.0 Å². The van der Waals surface area contributed by atoms with Crippen molar-refractivity contribution in [3.63, 3.8) is 0 Å². The molecule has 2 unspecified atom stereocenters. The summed E-state index contributed by atoms with van der Waals surface area (Å²) in [5.74, 6) is 0.272. The highest BCUT2D eigenvalue weighted by Crippen LogP contribution is 2.25. The Morgan fingerprint density at radius 3 is 2.70 bits per heavy atom. The third-order valence-corrected chi connectivity index (χ3v) is 3.95. The number of aliphatic hydroxyl groups excluding tert-OH is 1. The van der Waals surface area contributed by atoms with E-state index in [2.05, 4.69) is 26.6 Å². The number of nitrogens with one attached hydrogen (secondary N) is 2. The molecule has 1 aromatic rings. The SMILES string of the molecule is CCC(NC(=O)NCC(C)CCO)c1ccccc1Br. The number of carbonyl (C=O) groups is 1. The maximum Gasteiger partial charge on any atom is 0.315 e. The number of hydrogen-bond acceptors (Lipinski definition) is 2. The fraction of sp³-hybridized carbons (Fsp3) is 0.533. The molecule has 1 aromatic carbocycles. The number of urea groups is 1. The summed E-state index contributed by atoms with van der Waals surface area (Å²) >= 11 is 3.51. The van der Waals surface area contributed by atoms with Crippen LogP contribution in [0.5, 0.6) is 0 Å². The molecule has 0 aliphatic carbocycles. The fourth-order valence-electron chi connectivity index (χ4n) is 1.96.